The van der Waals surface area contributed by atoms with E-state index in [9.17, 15) is 4.79 Å². The largest absolute Gasteiger partial charge is 0.354 e. The Balaban J connectivity index is 3.34. The van der Waals surface area contributed by atoms with Gasteiger partial charge in [-0.15, -0.1) is 6.42 Å². The molecule has 0 atom stereocenters. The van der Waals surface area contributed by atoms with Gasteiger partial charge < -0.3 is 4.98 Å². The molecule has 0 fully saturated rings. The van der Waals surface area contributed by atoms with Crippen LogP contribution in [0.4, 0.5) is 0 Å². The molecule has 2 nitrogen and oxygen atoms in total. The second-order valence-electron chi connectivity index (χ2n) is 2.04. The van der Waals surface area contributed by atoms with Crippen LogP contribution >= 0.6 is 0 Å². The zero-order valence-electron chi connectivity index (χ0n) is 5.64. The van der Waals surface area contributed by atoms with E-state index in [-0.39, 0.29) is 5.43 Å². The molecule has 1 rings (SSSR count). The van der Waals surface area contributed by atoms with Gasteiger partial charge in [0.2, 0.25) is 0 Å². The fourth-order valence-electron chi connectivity index (χ4n) is 0.627. The minimum atomic E-state index is -0.0216. The van der Waals surface area contributed by atoms with Gasteiger partial charge in [0, 0.05) is 17.8 Å². The number of aromatic nitrogens is 1. The van der Waals surface area contributed by atoms with Gasteiger partial charge in [-0.2, -0.15) is 0 Å². The molecule has 0 unspecified atom stereocenters. The number of hydrogen-bond donors (Lipinski definition) is 1. The topological polar surface area (TPSA) is 32.9 Å². The van der Waals surface area contributed by atoms with Crippen molar-refractivity contribution >= 4 is 0 Å². The van der Waals surface area contributed by atoms with Crippen molar-refractivity contribution in [2.24, 2.45) is 0 Å². The third-order valence-corrected chi connectivity index (χ3v) is 1.26. The summed E-state index contributed by atoms with van der Waals surface area (Å²) >= 11 is 0. The molecule has 0 saturated heterocycles. The summed E-state index contributed by atoms with van der Waals surface area (Å²) in [7, 11) is 0. The third-order valence-electron chi connectivity index (χ3n) is 1.26. The van der Waals surface area contributed by atoms with Crippen LogP contribution in [0.2, 0.25) is 0 Å². The van der Waals surface area contributed by atoms with Crippen molar-refractivity contribution in [1.82, 2.24) is 4.98 Å². The maximum atomic E-state index is 10.9. The molecule has 0 amide bonds. The summed E-state index contributed by atoms with van der Waals surface area (Å²) in [4.78, 5) is 13.7. The van der Waals surface area contributed by atoms with Crippen LogP contribution in [-0.4, -0.2) is 4.98 Å². The minimum absolute atomic E-state index is 0.0216. The number of hydrogen-bond acceptors (Lipinski definition) is 1. The van der Waals surface area contributed by atoms with Crippen LogP contribution in [0, 0.1) is 19.3 Å². The molecule has 2 heteroatoms. The van der Waals surface area contributed by atoms with E-state index in [2.05, 4.69) is 10.9 Å². The molecular weight excluding hydrogens is 126 g/mol. The maximum Gasteiger partial charge on any atom is 0.185 e. The number of aromatic amines is 1. The zero-order valence-corrected chi connectivity index (χ0v) is 5.64. The molecule has 0 radical (unpaired) electrons. The Bertz CT molecular complexity index is 330. The van der Waals surface area contributed by atoms with Crippen molar-refractivity contribution in [3.8, 4) is 12.3 Å². The summed E-state index contributed by atoms with van der Waals surface area (Å²) in [6, 6.07) is 1.41. The molecule has 0 saturated carbocycles. The Morgan fingerprint density at radius 1 is 1.70 bits per heavy atom. The summed E-state index contributed by atoms with van der Waals surface area (Å²) in [6.45, 7) is 1.74. The number of terminal acetylenes is 1. The van der Waals surface area contributed by atoms with E-state index in [0.717, 1.165) is 0 Å². The van der Waals surface area contributed by atoms with Crippen molar-refractivity contribution in [3.05, 3.63) is 33.7 Å². The maximum absolute atomic E-state index is 10.9. The van der Waals surface area contributed by atoms with Gasteiger partial charge in [-0.1, -0.05) is 5.92 Å². The smallest absolute Gasteiger partial charge is 0.185 e. The fourth-order valence-corrected chi connectivity index (χ4v) is 0.627. The van der Waals surface area contributed by atoms with Crippen molar-refractivity contribution in [1.29, 1.82) is 0 Å². The zero-order chi connectivity index (χ0) is 7.56. The summed E-state index contributed by atoms with van der Waals surface area (Å²) in [6.07, 6.45) is 6.66. The lowest BCUT2D eigenvalue weighted by molar-refractivity contribution is 1.21. The molecule has 0 aromatic carbocycles. The normalized spacial score (nSPS) is 8.80. The Hall–Kier alpha value is -1.49. The number of H-pyrrole nitrogens is 1. The first-order chi connectivity index (χ1) is 4.74. The Labute approximate surface area is 58.9 Å². The van der Waals surface area contributed by atoms with E-state index >= 15 is 0 Å². The number of nitrogens with one attached hydrogen (secondary N) is 1. The SMILES string of the molecule is C#Cc1cc(=O)c(C)c[nH]1. The molecular formula is C8H7NO. The summed E-state index contributed by atoms with van der Waals surface area (Å²) in [5.74, 6) is 2.34. The van der Waals surface area contributed by atoms with E-state index in [4.69, 9.17) is 6.42 Å². The van der Waals surface area contributed by atoms with Gasteiger partial charge in [0.15, 0.2) is 5.43 Å². The van der Waals surface area contributed by atoms with Crippen LogP contribution < -0.4 is 5.43 Å². The first-order valence-electron chi connectivity index (χ1n) is 2.90. The van der Waals surface area contributed by atoms with Crippen LogP contribution in [-0.2, 0) is 0 Å². The predicted octanol–water partition coefficient (Wildman–Crippen LogP) is 0.665. The van der Waals surface area contributed by atoms with Crippen molar-refractivity contribution in [2.75, 3.05) is 0 Å². The van der Waals surface area contributed by atoms with E-state index < -0.39 is 0 Å². The van der Waals surface area contributed by atoms with Gasteiger partial charge in [-0.25, -0.2) is 0 Å². The lowest BCUT2D eigenvalue weighted by Crippen LogP contribution is -2.04. The Kier molecular flexibility index (Phi) is 1.59. The van der Waals surface area contributed by atoms with Gasteiger partial charge in [-0.3, -0.25) is 4.79 Å². The standard InChI is InChI=1S/C8H7NO/c1-3-7-4-8(10)6(2)5-9-7/h1,4-5H,2H3,(H,9,10). The average Bonchev–Trinajstić information content (AvgIpc) is 1.95. The number of pyridine rings is 1. The highest BCUT2D eigenvalue weighted by Crippen LogP contribution is 1.87. The molecule has 0 aliphatic heterocycles. The van der Waals surface area contributed by atoms with E-state index in [1.165, 1.54) is 6.07 Å². The quantitative estimate of drug-likeness (QED) is 0.518. The summed E-state index contributed by atoms with van der Waals surface area (Å²) in [5, 5.41) is 0. The van der Waals surface area contributed by atoms with Gasteiger partial charge >= 0.3 is 0 Å². The molecule has 0 spiro atoms. The first kappa shape index (κ1) is 6.63. The van der Waals surface area contributed by atoms with Crippen LogP contribution in [0.25, 0.3) is 0 Å². The number of rotatable bonds is 0. The molecule has 0 bridgehead atoms. The van der Waals surface area contributed by atoms with E-state index in [1.54, 1.807) is 13.1 Å². The van der Waals surface area contributed by atoms with Gasteiger partial charge in [0.25, 0.3) is 0 Å². The highest BCUT2D eigenvalue weighted by atomic mass is 16.1. The molecule has 1 aromatic heterocycles. The lowest BCUT2D eigenvalue weighted by Gasteiger charge is -1.90. The molecule has 50 valence electrons. The van der Waals surface area contributed by atoms with E-state index in [0.29, 0.717) is 11.3 Å². The summed E-state index contributed by atoms with van der Waals surface area (Å²) in [5.41, 5.74) is 1.18. The Morgan fingerprint density at radius 3 is 2.90 bits per heavy atom. The summed E-state index contributed by atoms with van der Waals surface area (Å²) < 4.78 is 0. The fraction of sp³-hybridized carbons (Fsp3) is 0.125. The Morgan fingerprint density at radius 2 is 2.40 bits per heavy atom. The van der Waals surface area contributed by atoms with Crippen LogP contribution in [0.1, 0.15) is 11.3 Å². The van der Waals surface area contributed by atoms with Crippen LogP contribution in [0.5, 0.6) is 0 Å². The average molecular weight is 133 g/mol. The molecule has 1 aromatic rings. The van der Waals surface area contributed by atoms with Gasteiger partial charge in [-0.05, 0) is 6.92 Å². The lowest BCUT2D eigenvalue weighted by atomic mass is 10.3. The second-order valence-corrected chi connectivity index (χ2v) is 2.04. The highest BCUT2D eigenvalue weighted by Gasteiger charge is 1.91. The number of aryl methyl sites for hydroxylation is 1. The van der Waals surface area contributed by atoms with Crippen molar-refractivity contribution in [3.63, 3.8) is 0 Å². The third kappa shape index (κ3) is 1.08. The van der Waals surface area contributed by atoms with Gasteiger partial charge in [0.1, 0.15) is 0 Å². The van der Waals surface area contributed by atoms with Crippen molar-refractivity contribution < 1.29 is 0 Å². The minimum Gasteiger partial charge on any atom is -0.354 e. The molecule has 0 aliphatic carbocycles. The van der Waals surface area contributed by atoms with Crippen molar-refractivity contribution in [2.45, 2.75) is 6.92 Å². The first-order valence-corrected chi connectivity index (χ1v) is 2.90. The van der Waals surface area contributed by atoms with E-state index in [1.807, 2.05) is 0 Å². The second kappa shape index (κ2) is 2.40. The molecule has 10 heavy (non-hydrogen) atoms. The predicted molar refractivity (Wildman–Crippen MR) is 39.7 cm³/mol. The highest BCUT2D eigenvalue weighted by molar-refractivity contribution is 5.25. The molecule has 1 heterocycles. The van der Waals surface area contributed by atoms with Crippen LogP contribution in [0.15, 0.2) is 17.1 Å². The van der Waals surface area contributed by atoms with Gasteiger partial charge in [0.05, 0.1) is 5.69 Å². The monoisotopic (exact) mass is 133 g/mol. The van der Waals surface area contributed by atoms with Crippen LogP contribution in [0.3, 0.4) is 0 Å². The molecule has 1 N–H and O–H groups in total. The molecule has 0 aliphatic rings.